The first-order chi connectivity index (χ1) is 10.4. The third-order valence-electron chi connectivity index (χ3n) is 4.17. The second kappa shape index (κ2) is 6.72. The summed E-state index contributed by atoms with van der Waals surface area (Å²) in [6, 6.07) is 12.6. The summed E-state index contributed by atoms with van der Waals surface area (Å²) in [6.45, 7) is 2.23. The minimum atomic E-state index is 0.623. The van der Waals surface area contributed by atoms with Gasteiger partial charge in [-0.25, -0.2) is 0 Å². The Morgan fingerprint density at radius 1 is 1.29 bits per heavy atom. The molecule has 110 valence electrons. The van der Waals surface area contributed by atoms with Gasteiger partial charge in [0, 0.05) is 30.4 Å². The lowest BCUT2D eigenvalue weighted by Gasteiger charge is -2.23. The van der Waals surface area contributed by atoms with Crippen LogP contribution in [-0.2, 0) is 6.42 Å². The number of pyridine rings is 1. The predicted octanol–water partition coefficient (Wildman–Crippen LogP) is 3.15. The lowest BCUT2D eigenvalue weighted by Crippen LogP contribution is -2.28. The fraction of sp³-hybridized carbons (Fsp3) is 0.389. The number of piperidine rings is 1. The van der Waals surface area contributed by atoms with E-state index in [1.54, 1.807) is 7.11 Å². The summed E-state index contributed by atoms with van der Waals surface area (Å²) in [5.74, 6) is 1.56. The van der Waals surface area contributed by atoms with Crippen LogP contribution in [0.25, 0.3) is 0 Å². The Labute approximate surface area is 126 Å². The van der Waals surface area contributed by atoms with Crippen molar-refractivity contribution in [3.05, 3.63) is 59.4 Å². The number of aromatic nitrogens is 1. The number of methoxy groups -OCH3 is 1. The molecular weight excluding hydrogens is 260 g/mol. The number of para-hydroxylation sites is 1. The molecule has 1 aromatic carbocycles. The molecule has 0 saturated carbocycles. The first-order valence-electron chi connectivity index (χ1n) is 7.64. The van der Waals surface area contributed by atoms with E-state index in [0.717, 1.165) is 31.0 Å². The van der Waals surface area contributed by atoms with Crippen molar-refractivity contribution in [2.45, 2.75) is 25.2 Å². The lowest BCUT2D eigenvalue weighted by atomic mass is 9.91. The molecule has 21 heavy (non-hydrogen) atoms. The number of benzene rings is 1. The first kappa shape index (κ1) is 14.1. The maximum Gasteiger partial charge on any atom is 0.122 e. The summed E-state index contributed by atoms with van der Waals surface area (Å²) >= 11 is 0. The monoisotopic (exact) mass is 282 g/mol. The van der Waals surface area contributed by atoms with Crippen LogP contribution in [0.5, 0.6) is 5.75 Å². The van der Waals surface area contributed by atoms with E-state index in [0.29, 0.717) is 5.92 Å². The smallest absolute Gasteiger partial charge is 0.122 e. The Morgan fingerprint density at radius 3 is 3.00 bits per heavy atom. The van der Waals surface area contributed by atoms with Crippen molar-refractivity contribution < 1.29 is 4.74 Å². The van der Waals surface area contributed by atoms with Crippen molar-refractivity contribution in [1.82, 2.24) is 10.3 Å². The van der Waals surface area contributed by atoms with Crippen molar-refractivity contribution >= 4 is 0 Å². The summed E-state index contributed by atoms with van der Waals surface area (Å²) in [7, 11) is 1.72. The van der Waals surface area contributed by atoms with Crippen molar-refractivity contribution in [2.75, 3.05) is 20.2 Å². The summed E-state index contributed by atoms with van der Waals surface area (Å²) < 4.78 is 5.43. The molecule has 0 amide bonds. The Kier molecular flexibility index (Phi) is 4.51. The van der Waals surface area contributed by atoms with Gasteiger partial charge in [-0.1, -0.05) is 18.2 Å². The van der Waals surface area contributed by atoms with Crippen molar-refractivity contribution in [3.8, 4) is 5.75 Å². The molecule has 1 N–H and O–H groups in total. The van der Waals surface area contributed by atoms with E-state index in [4.69, 9.17) is 4.74 Å². The average molecular weight is 282 g/mol. The topological polar surface area (TPSA) is 34.1 Å². The van der Waals surface area contributed by atoms with Gasteiger partial charge in [-0.3, -0.25) is 4.98 Å². The van der Waals surface area contributed by atoms with Crippen LogP contribution >= 0.6 is 0 Å². The fourth-order valence-corrected chi connectivity index (χ4v) is 3.03. The molecule has 2 aromatic rings. The number of rotatable bonds is 4. The molecule has 3 rings (SSSR count). The molecule has 3 nitrogen and oxygen atoms in total. The van der Waals surface area contributed by atoms with Crippen LogP contribution in [0.15, 0.2) is 42.6 Å². The molecule has 1 aliphatic heterocycles. The van der Waals surface area contributed by atoms with Crippen LogP contribution < -0.4 is 10.1 Å². The second-order valence-electron chi connectivity index (χ2n) is 5.61. The zero-order valence-corrected chi connectivity index (χ0v) is 12.5. The standard InChI is InChI=1S/C18H22N2O/c1-21-18-7-3-2-5-15(18)12-17-11-14(8-10-20-17)16-6-4-9-19-13-16/h2-3,5,7-8,10-11,16,19H,4,6,9,12-13H2,1H3/t16-/m0/s1. The van der Waals surface area contributed by atoms with Gasteiger partial charge in [0.25, 0.3) is 0 Å². The highest BCUT2D eigenvalue weighted by Crippen LogP contribution is 2.25. The SMILES string of the molecule is COc1ccccc1Cc1cc([C@H]2CCCNC2)ccn1. The van der Waals surface area contributed by atoms with Crippen molar-refractivity contribution in [2.24, 2.45) is 0 Å². The van der Waals surface area contributed by atoms with Gasteiger partial charge in [0.1, 0.15) is 5.75 Å². The van der Waals surface area contributed by atoms with E-state index >= 15 is 0 Å². The van der Waals surface area contributed by atoms with Gasteiger partial charge >= 0.3 is 0 Å². The predicted molar refractivity (Wildman–Crippen MR) is 84.9 cm³/mol. The minimum Gasteiger partial charge on any atom is -0.496 e. The van der Waals surface area contributed by atoms with E-state index in [2.05, 4.69) is 28.5 Å². The maximum atomic E-state index is 5.43. The molecule has 0 spiro atoms. The first-order valence-corrected chi connectivity index (χ1v) is 7.64. The van der Waals surface area contributed by atoms with Gasteiger partial charge in [-0.05, 0) is 49.1 Å². The van der Waals surface area contributed by atoms with Crippen LogP contribution in [0.3, 0.4) is 0 Å². The van der Waals surface area contributed by atoms with Crippen LogP contribution in [-0.4, -0.2) is 25.2 Å². The van der Waals surface area contributed by atoms with Crippen LogP contribution in [0.1, 0.15) is 35.6 Å². The molecule has 3 heteroatoms. The van der Waals surface area contributed by atoms with Gasteiger partial charge < -0.3 is 10.1 Å². The molecule has 1 atom stereocenters. The second-order valence-corrected chi connectivity index (χ2v) is 5.61. The van der Waals surface area contributed by atoms with E-state index < -0.39 is 0 Å². The Morgan fingerprint density at radius 2 is 2.19 bits per heavy atom. The third-order valence-corrected chi connectivity index (χ3v) is 4.17. The summed E-state index contributed by atoms with van der Waals surface area (Å²) in [4.78, 5) is 4.53. The van der Waals surface area contributed by atoms with Gasteiger partial charge in [-0.15, -0.1) is 0 Å². The Balaban J connectivity index is 1.79. The molecular formula is C18H22N2O. The van der Waals surface area contributed by atoms with Gasteiger partial charge in [-0.2, -0.15) is 0 Å². The van der Waals surface area contributed by atoms with Gasteiger partial charge in [0.05, 0.1) is 7.11 Å². The summed E-state index contributed by atoms with van der Waals surface area (Å²) in [6.07, 6.45) is 5.28. The number of ether oxygens (including phenoxy) is 1. The molecule has 2 heterocycles. The molecule has 1 aliphatic rings. The summed E-state index contributed by atoms with van der Waals surface area (Å²) in [5.41, 5.74) is 3.70. The molecule has 0 bridgehead atoms. The largest absolute Gasteiger partial charge is 0.496 e. The molecule has 0 radical (unpaired) electrons. The zero-order valence-electron chi connectivity index (χ0n) is 12.5. The summed E-state index contributed by atoms with van der Waals surface area (Å²) in [5, 5.41) is 3.48. The molecule has 0 aliphatic carbocycles. The lowest BCUT2D eigenvalue weighted by molar-refractivity contribution is 0.410. The normalized spacial score (nSPS) is 18.4. The third kappa shape index (κ3) is 3.42. The Hall–Kier alpha value is -1.87. The molecule has 1 saturated heterocycles. The highest BCUT2D eigenvalue weighted by Gasteiger charge is 2.15. The number of hydrogen-bond acceptors (Lipinski definition) is 3. The number of nitrogens with one attached hydrogen (secondary N) is 1. The van der Waals surface area contributed by atoms with E-state index in [1.165, 1.54) is 24.0 Å². The average Bonchev–Trinajstić information content (AvgIpc) is 2.56. The van der Waals surface area contributed by atoms with E-state index in [9.17, 15) is 0 Å². The molecule has 1 fully saturated rings. The van der Waals surface area contributed by atoms with Crippen molar-refractivity contribution in [3.63, 3.8) is 0 Å². The number of nitrogens with zero attached hydrogens (tertiary/aromatic N) is 1. The highest BCUT2D eigenvalue weighted by molar-refractivity contribution is 5.37. The maximum absolute atomic E-state index is 5.43. The van der Waals surface area contributed by atoms with Crippen LogP contribution in [0.4, 0.5) is 0 Å². The molecule has 1 aromatic heterocycles. The van der Waals surface area contributed by atoms with Gasteiger partial charge in [0.15, 0.2) is 0 Å². The molecule has 0 unspecified atom stereocenters. The van der Waals surface area contributed by atoms with Gasteiger partial charge in [0.2, 0.25) is 0 Å². The Bertz CT molecular complexity index is 591. The number of hydrogen-bond donors (Lipinski definition) is 1. The van der Waals surface area contributed by atoms with E-state index in [1.807, 2.05) is 24.4 Å². The van der Waals surface area contributed by atoms with E-state index in [-0.39, 0.29) is 0 Å². The highest BCUT2D eigenvalue weighted by atomic mass is 16.5. The zero-order chi connectivity index (χ0) is 14.5. The van der Waals surface area contributed by atoms with Crippen LogP contribution in [0, 0.1) is 0 Å². The quantitative estimate of drug-likeness (QED) is 0.935. The minimum absolute atomic E-state index is 0.623. The van der Waals surface area contributed by atoms with Crippen LogP contribution in [0.2, 0.25) is 0 Å². The fourth-order valence-electron chi connectivity index (χ4n) is 3.03. The van der Waals surface area contributed by atoms with Crippen molar-refractivity contribution in [1.29, 1.82) is 0 Å².